The summed E-state index contributed by atoms with van der Waals surface area (Å²) >= 11 is 0. The maximum Gasteiger partial charge on any atom is 0.241 e. The van der Waals surface area contributed by atoms with Gasteiger partial charge in [0.25, 0.3) is 0 Å². The van der Waals surface area contributed by atoms with Crippen molar-refractivity contribution in [3.05, 3.63) is 72.3 Å². The molecule has 0 saturated heterocycles. The predicted molar refractivity (Wildman–Crippen MR) is 122 cm³/mol. The number of hydrogen-bond acceptors (Lipinski definition) is 4. The molecule has 2 unspecified atom stereocenters. The van der Waals surface area contributed by atoms with Crippen molar-refractivity contribution in [2.45, 2.75) is 37.8 Å². The molecule has 1 amide bonds. The summed E-state index contributed by atoms with van der Waals surface area (Å²) in [6.07, 6.45) is 0. The molecule has 0 radical (unpaired) electrons. The predicted octanol–water partition coefficient (Wildman–Crippen LogP) is 4.03. The Morgan fingerprint density at radius 3 is 2.16 bits per heavy atom. The average molecular weight is 441 g/mol. The molecular weight excluding hydrogens is 412 g/mol. The zero-order valence-electron chi connectivity index (χ0n) is 18.1. The minimum Gasteiger partial charge on any atom is -0.497 e. The summed E-state index contributed by atoms with van der Waals surface area (Å²) in [4.78, 5) is 13.1. The SMILES string of the molecule is COc1ccc(S(=O)(=O)NC(C(=O)NC(C)c2ccc3ccccc3c2)C(C)C)cc1. The van der Waals surface area contributed by atoms with E-state index < -0.39 is 16.1 Å². The largest absolute Gasteiger partial charge is 0.497 e. The molecule has 0 spiro atoms. The van der Waals surface area contributed by atoms with Crippen LogP contribution in [-0.2, 0) is 14.8 Å². The van der Waals surface area contributed by atoms with Crippen molar-refractivity contribution in [3.63, 3.8) is 0 Å². The highest BCUT2D eigenvalue weighted by Crippen LogP contribution is 2.21. The highest BCUT2D eigenvalue weighted by molar-refractivity contribution is 7.89. The van der Waals surface area contributed by atoms with E-state index in [9.17, 15) is 13.2 Å². The summed E-state index contributed by atoms with van der Waals surface area (Å²) in [6, 6.07) is 18.9. The zero-order chi connectivity index (χ0) is 22.6. The lowest BCUT2D eigenvalue weighted by Gasteiger charge is -2.24. The van der Waals surface area contributed by atoms with Crippen LogP contribution in [0.5, 0.6) is 5.75 Å². The van der Waals surface area contributed by atoms with E-state index in [1.54, 1.807) is 12.1 Å². The fraction of sp³-hybridized carbons (Fsp3) is 0.292. The minimum absolute atomic E-state index is 0.0781. The van der Waals surface area contributed by atoms with E-state index in [-0.39, 0.29) is 22.8 Å². The minimum atomic E-state index is -3.87. The number of nitrogens with one attached hydrogen (secondary N) is 2. The Hall–Kier alpha value is -2.90. The second kappa shape index (κ2) is 9.49. The summed E-state index contributed by atoms with van der Waals surface area (Å²) in [5.41, 5.74) is 0.951. The standard InChI is InChI=1S/C24H28N2O4S/c1-16(2)23(26-31(28,29)22-13-11-21(30-4)12-14-22)24(27)25-17(3)19-10-9-18-7-5-6-8-20(18)15-19/h5-17,23,26H,1-4H3,(H,25,27). The van der Waals surface area contributed by atoms with E-state index in [1.165, 1.54) is 19.2 Å². The molecule has 0 heterocycles. The Bertz CT molecular complexity index is 1160. The van der Waals surface area contributed by atoms with Crippen molar-refractivity contribution in [2.75, 3.05) is 7.11 Å². The number of rotatable bonds is 8. The molecule has 3 aromatic rings. The molecule has 3 aromatic carbocycles. The van der Waals surface area contributed by atoms with Gasteiger partial charge < -0.3 is 10.1 Å². The summed E-state index contributed by atoms with van der Waals surface area (Å²) in [5.74, 6) is -0.0501. The number of carbonyl (C=O) groups excluding carboxylic acids is 1. The number of hydrogen-bond donors (Lipinski definition) is 2. The number of amides is 1. The fourth-order valence-corrected chi connectivity index (χ4v) is 4.69. The van der Waals surface area contributed by atoms with Gasteiger partial charge in [-0.15, -0.1) is 0 Å². The van der Waals surface area contributed by atoms with E-state index in [0.717, 1.165) is 16.3 Å². The van der Waals surface area contributed by atoms with Gasteiger partial charge in [-0.2, -0.15) is 4.72 Å². The second-order valence-electron chi connectivity index (χ2n) is 7.86. The van der Waals surface area contributed by atoms with E-state index in [0.29, 0.717) is 5.75 Å². The first kappa shape index (κ1) is 22.8. The van der Waals surface area contributed by atoms with Crippen LogP contribution in [0.2, 0.25) is 0 Å². The molecule has 0 bridgehead atoms. The van der Waals surface area contributed by atoms with Gasteiger partial charge in [0, 0.05) is 0 Å². The van der Waals surface area contributed by atoms with Crippen LogP contribution in [0.3, 0.4) is 0 Å². The highest BCUT2D eigenvalue weighted by Gasteiger charge is 2.29. The van der Waals surface area contributed by atoms with Crippen LogP contribution in [0.4, 0.5) is 0 Å². The average Bonchev–Trinajstić information content (AvgIpc) is 2.76. The molecule has 6 nitrogen and oxygen atoms in total. The molecule has 164 valence electrons. The van der Waals surface area contributed by atoms with Crippen LogP contribution in [0.25, 0.3) is 10.8 Å². The number of methoxy groups -OCH3 is 1. The van der Waals surface area contributed by atoms with Crippen molar-refractivity contribution in [3.8, 4) is 5.75 Å². The van der Waals surface area contributed by atoms with Crippen LogP contribution in [0, 0.1) is 5.92 Å². The van der Waals surface area contributed by atoms with E-state index >= 15 is 0 Å². The second-order valence-corrected chi connectivity index (χ2v) is 9.57. The van der Waals surface area contributed by atoms with Crippen LogP contribution >= 0.6 is 0 Å². The Morgan fingerprint density at radius 1 is 0.903 bits per heavy atom. The molecule has 0 aliphatic rings. The third-order valence-electron chi connectivity index (χ3n) is 5.23. The quantitative estimate of drug-likeness (QED) is 0.554. The van der Waals surface area contributed by atoms with Crippen LogP contribution in [-0.4, -0.2) is 27.5 Å². The first-order valence-electron chi connectivity index (χ1n) is 10.2. The van der Waals surface area contributed by atoms with E-state index in [4.69, 9.17) is 4.74 Å². The van der Waals surface area contributed by atoms with E-state index in [1.807, 2.05) is 63.2 Å². The topological polar surface area (TPSA) is 84.5 Å². The number of benzene rings is 3. The molecular formula is C24H28N2O4S. The lowest BCUT2D eigenvalue weighted by atomic mass is 10.0. The Morgan fingerprint density at radius 2 is 1.55 bits per heavy atom. The van der Waals surface area contributed by atoms with Gasteiger partial charge in [-0.05, 0) is 59.5 Å². The molecule has 0 saturated carbocycles. The molecule has 0 aromatic heterocycles. The van der Waals surface area contributed by atoms with Gasteiger partial charge in [0.15, 0.2) is 0 Å². The lowest BCUT2D eigenvalue weighted by molar-refractivity contribution is -0.124. The van der Waals surface area contributed by atoms with Crippen molar-refractivity contribution < 1.29 is 17.9 Å². The van der Waals surface area contributed by atoms with Gasteiger partial charge in [0.1, 0.15) is 11.8 Å². The first-order valence-corrected chi connectivity index (χ1v) is 11.6. The van der Waals surface area contributed by atoms with Gasteiger partial charge in [-0.25, -0.2) is 8.42 Å². The molecule has 2 N–H and O–H groups in total. The molecule has 0 fully saturated rings. The number of fused-ring (bicyclic) bond motifs is 1. The Balaban J connectivity index is 1.75. The van der Waals surface area contributed by atoms with Gasteiger partial charge in [-0.1, -0.05) is 50.2 Å². The van der Waals surface area contributed by atoms with Crippen molar-refractivity contribution in [2.24, 2.45) is 5.92 Å². The summed E-state index contributed by atoms with van der Waals surface area (Å²) in [5, 5.41) is 5.16. The van der Waals surface area contributed by atoms with Gasteiger partial charge >= 0.3 is 0 Å². The summed E-state index contributed by atoms with van der Waals surface area (Å²) in [7, 11) is -2.36. The van der Waals surface area contributed by atoms with Gasteiger partial charge in [0.05, 0.1) is 18.0 Å². The van der Waals surface area contributed by atoms with Crippen molar-refractivity contribution >= 4 is 26.7 Å². The smallest absolute Gasteiger partial charge is 0.241 e. The number of sulfonamides is 1. The van der Waals surface area contributed by atoms with Crippen molar-refractivity contribution in [1.29, 1.82) is 0 Å². The molecule has 0 aliphatic heterocycles. The van der Waals surface area contributed by atoms with Gasteiger partial charge in [-0.3, -0.25) is 4.79 Å². The molecule has 7 heteroatoms. The zero-order valence-corrected chi connectivity index (χ0v) is 18.9. The molecule has 3 rings (SSSR count). The number of ether oxygens (including phenoxy) is 1. The molecule has 31 heavy (non-hydrogen) atoms. The van der Waals surface area contributed by atoms with Crippen LogP contribution in [0.1, 0.15) is 32.4 Å². The van der Waals surface area contributed by atoms with E-state index in [2.05, 4.69) is 10.0 Å². The monoisotopic (exact) mass is 440 g/mol. The normalized spacial score (nSPS) is 13.7. The van der Waals surface area contributed by atoms with Crippen LogP contribution in [0.15, 0.2) is 71.6 Å². The molecule has 2 atom stereocenters. The highest BCUT2D eigenvalue weighted by atomic mass is 32.2. The maximum absolute atomic E-state index is 13.0. The van der Waals surface area contributed by atoms with Gasteiger partial charge in [0.2, 0.25) is 15.9 Å². The lowest BCUT2D eigenvalue weighted by Crippen LogP contribution is -2.50. The third-order valence-corrected chi connectivity index (χ3v) is 6.69. The third kappa shape index (κ3) is 5.42. The summed E-state index contributed by atoms with van der Waals surface area (Å²) in [6.45, 7) is 5.50. The van der Waals surface area contributed by atoms with Crippen LogP contribution < -0.4 is 14.8 Å². The number of carbonyl (C=O) groups is 1. The fourth-order valence-electron chi connectivity index (χ4n) is 3.35. The first-order chi connectivity index (χ1) is 14.7. The van der Waals surface area contributed by atoms with Crippen molar-refractivity contribution in [1.82, 2.24) is 10.0 Å². The Labute approximate surface area is 183 Å². The summed E-state index contributed by atoms with van der Waals surface area (Å²) < 4.78 is 33.3. The maximum atomic E-state index is 13.0. The Kier molecular flexibility index (Phi) is 6.97. The molecule has 0 aliphatic carbocycles.